The van der Waals surface area contributed by atoms with Crippen molar-refractivity contribution < 1.29 is 4.39 Å². The smallest absolute Gasteiger partial charge is 0.193 e. The average molecular weight is 470 g/mol. The van der Waals surface area contributed by atoms with Crippen molar-refractivity contribution in [3.63, 3.8) is 0 Å². The Hall–Kier alpha value is -1.67. The van der Waals surface area contributed by atoms with Crippen molar-refractivity contribution in [3.05, 3.63) is 71.0 Å². The number of benzene rings is 2. The Morgan fingerprint density at radius 1 is 1.00 bits per heavy atom. The highest BCUT2D eigenvalue weighted by Crippen LogP contribution is 2.11. The Labute approximate surface area is 173 Å². The van der Waals surface area contributed by atoms with E-state index in [-0.39, 0.29) is 29.8 Å². The number of halogens is 2. The van der Waals surface area contributed by atoms with Gasteiger partial charge in [-0.25, -0.2) is 4.39 Å². The first kappa shape index (κ1) is 22.4. The molecule has 2 rings (SSSR count). The molecule has 26 heavy (non-hydrogen) atoms. The van der Waals surface area contributed by atoms with Gasteiger partial charge in [0.25, 0.3) is 0 Å². The first-order chi connectivity index (χ1) is 12.0. The van der Waals surface area contributed by atoms with E-state index in [0.717, 1.165) is 18.1 Å². The normalized spacial score (nSPS) is 11.2. The van der Waals surface area contributed by atoms with Gasteiger partial charge in [-0.15, -0.1) is 24.0 Å². The second kappa shape index (κ2) is 11.1. The fraction of sp³-hybridized carbons (Fsp3) is 0.350. The zero-order valence-corrected chi connectivity index (χ0v) is 18.2. The molecule has 0 aliphatic heterocycles. The molecule has 0 amide bonds. The van der Waals surface area contributed by atoms with Crippen molar-refractivity contribution in [2.24, 2.45) is 4.99 Å². The second-order valence-corrected chi connectivity index (χ2v) is 6.39. The monoisotopic (exact) mass is 470 g/mol. The summed E-state index contributed by atoms with van der Waals surface area (Å²) in [5, 5.41) is 3.40. The van der Waals surface area contributed by atoms with Gasteiger partial charge in [0, 0.05) is 33.7 Å². The largest absolute Gasteiger partial charge is 0.352 e. The summed E-state index contributed by atoms with van der Waals surface area (Å²) in [5.74, 6) is 0.565. The third kappa shape index (κ3) is 6.92. The highest BCUT2D eigenvalue weighted by Gasteiger charge is 2.09. The lowest BCUT2D eigenvalue weighted by Gasteiger charge is -2.23. The first-order valence-corrected chi connectivity index (χ1v) is 8.37. The van der Waals surface area contributed by atoms with Crippen LogP contribution in [0.15, 0.2) is 53.5 Å². The lowest BCUT2D eigenvalue weighted by Crippen LogP contribution is -2.38. The van der Waals surface area contributed by atoms with Crippen LogP contribution >= 0.6 is 24.0 Å². The Kier molecular flexibility index (Phi) is 9.58. The number of aliphatic imine (C=N–C) groups is 1. The van der Waals surface area contributed by atoms with Crippen molar-refractivity contribution in [3.8, 4) is 0 Å². The van der Waals surface area contributed by atoms with Gasteiger partial charge in [-0.1, -0.05) is 36.4 Å². The van der Waals surface area contributed by atoms with Crippen LogP contribution in [0.1, 0.15) is 16.7 Å². The van der Waals surface area contributed by atoms with Crippen molar-refractivity contribution in [2.75, 3.05) is 28.2 Å². The summed E-state index contributed by atoms with van der Waals surface area (Å²) in [6.07, 6.45) is 0. The van der Waals surface area contributed by atoms with E-state index in [1.54, 1.807) is 19.2 Å². The molecule has 142 valence electrons. The third-order valence-electron chi connectivity index (χ3n) is 3.92. The molecule has 0 spiro atoms. The minimum Gasteiger partial charge on any atom is -0.352 e. The number of nitrogens with one attached hydrogen (secondary N) is 1. The van der Waals surface area contributed by atoms with E-state index in [4.69, 9.17) is 0 Å². The number of nitrogens with zero attached hydrogens (tertiary/aromatic N) is 3. The molecular weight excluding hydrogens is 442 g/mol. The van der Waals surface area contributed by atoms with Gasteiger partial charge in [-0.05, 0) is 42.9 Å². The lowest BCUT2D eigenvalue weighted by molar-refractivity contribution is 0.400. The molecule has 0 fully saturated rings. The topological polar surface area (TPSA) is 30.9 Å². The maximum atomic E-state index is 13.4. The molecule has 1 N–H and O–H groups in total. The zero-order valence-electron chi connectivity index (χ0n) is 15.9. The molecule has 0 saturated carbocycles. The predicted octanol–water partition coefficient (Wildman–Crippen LogP) is 3.71. The molecule has 0 aliphatic carbocycles. The highest BCUT2D eigenvalue weighted by atomic mass is 127. The molecule has 6 heteroatoms. The van der Waals surface area contributed by atoms with Crippen LogP contribution < -0.4 is 5.32 Å². The van der Waals surface area contributed by atoms with Crippen LogP contribution in [0.5, 0.6) is 0 Å². The van der Waals surface area contributed by atoms with Gasteiger partial charge in [0.05, 0.1) is 0 Å². The van der Waals surface area contributed by atoms with Crippen LogP contribution in [0.3, 0.4) is 0 Å². The Morgan fingerprint density at radius 3 is 2.31 bits per heavy atom. The van der Waals surface area contributed by atoms with Crippen molar-refractivity contribution >= 4 is 29.9 Å². The van der Waals surface area contributed by atoms with Crippen molar-refractivity contribution in [1.82, 2.24) is 15.1 Å². The summed E-state index contributed by atoms with van der Waals surface area (Å²) in [6.45, 7) is 2.19. The van der Waals surface area contributed by atoms with Crippen LogP contribution in [-0.2, 0) is 19.6 Å². The standard InChI is InChI=1S/C20H27FN4.HI/c1-22-20(25(4)14-16-8-7-11-19(21)12-16)23-13-17-9-5-6-10-18(17)15-24(2)3;/h5-12H,13-15H2,1-4H3,(H,22,23);1H. The number of guanidine groups is 1. The minimum atomic E-state index is -0.216. The van der Waals surface area contributed by atoms with Crippen LogP contribution in [0, 0.1) is 5.82 Å². The molecule has 0 aromatic heterocycles. The van der Waals surface area contributed by atoms with E-state index in [0.29, 0.717) is 13.1 Å². The zero-order chi connectivity index (χ0) is 18.2. The van der Waals surface area contributed by atoms with E-state index in [2.05, 4.69) is 53.6 Å². The van der Waals surface area contributed by atoms with Gasteiger partial charge in [0.1, 0.15) is 5.82 Å². The molecule has 0 saturated heterocycles. The van der Waals surface area contributed by atoms with Gasteiger partial charge in [0.2, 0.25) is 0 Å². The number of hydrogen-bond donors (Lipinski definition) is 1. The third-order valence-corrected chi connectivity index (χ3v) is 3.92. The lowest BCUT2D eigenvalue weighted by atomic mass is 10.1. The van der Waals surface area contributed by atoms with Crippen LogP contribution in [-0.4, -0.2) is 44.0 Å². The molecule has 0 aliphatic rings. The van der Waals surface area contributed by atoms with Crippen LogP contribution in [0.2, 0.25) is 0 Å². The maximum Gasteiger partial charge on any atom is 0.193 e. The fourth-order valence-electron chi connectivity index (χ4n) is 2.77. The summed E-state index contributed by atoms with van der Waals surface area (Å²) in [6, 6.07) is 15.0. The molecule has 0 radical (unpaired) electrons. The molecule has 0 heterocycles. The predicted molar refractivity (Wildman–Crippen MR) is 117 cm³/mol. The molecular formula is C20H28FIN4. The van der Waals surface area contributed by atoms with Gasteiger partial charge < -0.3 is 15.1 Å². The first-order valence-electron chi connectivity index (χ1n) is 8.37. The highest BCUT2D eigenvalue weighted by molar-refractivity contribution is 14.0. The van der Waals surface area contributed by atoms with E-state index in [1.807, 2.05) is 18.0 Å². The van der Waals surface area contributed by atoms with Crippen LogP contribution in [0.4, 0.5) is 4.39 Å². The molecule has 0 atom stereocenters. The molecule has 2 aromatic carbocycles. The van der Waals surface area contributed by atoms with Gasteiger partial charge >= 0.3 is 0 Å². The Balaban J connectivity index is 0.00000338. The number of rotatable bonds is 6. The Morgan fingerprint density at radius 2 is 1.69 bits per heavy atom. The van der Waals surface area contributed by atoms with Gasteiger partial charge in [-0.2, -0.15) is 0 Å². The van der Waals surface area contributed by atoms with Crippen molar-refractivity contribution in [2.45, 2.75) is 19.6 Å². The van der Waals surface area contributed by atoms with E-state index < -0.39 is 0 Å². The summed E-state index contributed by atoms with van der Waals surface area (Å²) in [7, 11) is 7.84. The van der Waals surface area contributed by atoms with E-state index >= 15 is 0 Å². The average Bonchev–Trinajstić information content (AvgIpc) is 2.56. The van der Waals surface area contributed by atoms with Gasteiger partial charge in [-0.3, -0.25) is 4.99 Å². The van der Waals surface area contributed by atoms with E-state index in [9.17, 15) is 4.39 Å². The fourth-order valence-corrected chi connectivity index (χ4v) is 2.77. The SMILES string of the molecule is CN=C(NCc1ccccc1CN(C)C)N(C)Cc1cccc(F)c1.I. The Bertz CT molecular complexity index is 718. The van der Waals surface area contributed by atoms with Gasteiger partial charge in [0.15, 0.2) is 5.96 Å². The second-order valence-electron chi connectivity index (χ2n) is 6.39. The summed E-state index contributed by atoms with van der Waals surface area (Å²) < 4.78 is 13.4. The summed E-state index contributed by atoms with van der Waals surface area (Å²) >= 11 is 0. The molecule has 4 nitrogen and oxygen atoms in total. The summed E-state index contributed by atoms with van der Waals surface area (Å²) in [5.41, 5.74) is 3.46. The molecule has 2 aromatic rings. The maximum absolute atomic E-state index is 13.4. The van der Waals surface area contributed by atoms with E-state index in [1.165, 1.54) is 17.2 Å². The molecule has 0 bridgehead atoms. The molecule has 0 unspecified atom stereocenters. The quantitative estimate of drug-likeness (QED) is 0.397. The van der Waals surface area contributed by atoms with Crippen LogP contribution in [0.25, 0.3) is 0 Å². The van der Waals surface area contributed by atoms with Crippen molar-refractivity contribution in [1.29, 1.82) is 0 Å². The minimum absolute atomic E-state index is 0. The summed E-state index contributed by atoms with van der Waals surface area (Å²) in [4.78, 5) is 8.49. The number of hydrogen-bond acceptors (Lipinski definition) is 2.